The molecule has 1 unspecified atom stereocenters. The fourth-order valence-electron chi connectivity index (χ4n) is 1.92. The van der Waals surface area contributed by atoms with E-state index in [0.717, 1.165) is 35.6 Å². The van der Waals surface area contributed by atoms with Crippen LogP contribution in [0.4, 0.5) is 0 Å². The summed E-state index contributed by atoms with van der Waals surface area (Å²) in [6.45, 7) is 0.691. The molecule has 2 rings (SSSR count). The fourth-order valence-corrected chi connectivity index (χ4v) is 3.32. The molecule has 1 aliphatic rings. The minimum Gasteiger partial charge on any atom is -0.355 e. The van der Waals surface area contributed by atoms with Crippen LogP contribution in [-0.2, 0) is 11.2 Å². The first-order valence-corrected chi connectivity index (χ1v) is 7.32. The molecule has 4 heteroatoms. The Morgan fingerprint density at radius 2 is 2.41 bits per heavy atom. The van der Waals surface area contributed by atoms with Crippen molar-refractivity contribution >= 4 is 29.3 Å². The van der Waals surface area contributed by atoms with Crippen LogP contribution in [0, 0.1) is 0 Å². The van der Waals surface area contributed by atoms with Gasteiger partial charge in [-0.1, -0.05) is 23.7 Å². The van der Waals surface area contributed by atoms with E-state index in [9.17, 15) is 4.79 Å². The summed E-state index contributed by atoms with van der Waals surface area (Å²) >= 11 is 7.67. The monoisotopic (exact) mass is 269 g/mol. The van der Waals surface area contributed by atoms with Crippen LogP contribution in [0.15, 0.2) is 24.3 Å². The van der Waals surface area contributed by atoms with Crippen molar-refractivity contribution in [1.82, 2.24) is 5.32 Å². The highest BCUT2D eigenvalue weighted by molar-refractivity contribution is 8.00. The predicted molar refractivity (Wildman–Crippen MR) is 73.6 cm³/mol. The van der Waals surface area contributed by atoms with E-state index in [1.54, 1.807) is 11.8 Å². The van der Waals surface area contributed by atoms with E-state index in [1.165, 1.54) is 0 Å². The van der Waals surface area contributed by atoms with Crippen LogP contribution in [-0.4, -0.2) is 23.5 Å². The second-order valence-corrected chi connectivity index (χ2v) is 5.92. The van der Waals surface area contributed by atoms with E-state index < -0.39 is 0 Å². The van der Waals surface area contributed by atoms with Crippen LogP contribution < -0.4 is 5.32 Å². The largest absolute Gasteiger partial charge is 0.355 e. The summed E-state index contributed by atoms with van der Waals surface area (Å²) in [5.74, 6) is 1.31. The van der Waals surface area contributed by atoms with Gasteiger partial charge in [0.1, 0.15) is 0 Å². The SMILES string of the molecule is O=C(NCCc1cccc(Cl)c1)C1CCCS1. The molecule has 1 heterocycles. The number of halogens is 1. The number of benzene rings is 1. The zero-order valence-electron chi connectivity index (χ0n) is 9.62. The van der Waals surface area contributed by atoms with Crippen molar-refractivity contribution in [2.75, 3.05) is 12.3 Å². The summed E-state index contributed by atoms with van der Waals surface area (Å²) in [7, 11) is 0. The first-order valence-electron chi connectivity index (χ1n) is 5.89. The third-order valence-electron chi connectivity index (χ3n) is 2.82. The fraction of sp³-hybridized carbons (Fsp3) is 0.462. The minimum atomic E-state index is 0.175. The average Bonchev–Trinajstić information content (AvgIpc) is 2.82. The first kappa shape index (κ1) is 12.8. The third-order valence-corrected chi connectivity index (χ3v) is 4.44. The zero-order chi connectivity index (χ0) is 12.1. The van der Waals surface area contributed by atoms with Crippen molar-refractivity contribution in [3.63, 3.8) is 0 Å². The summed E-state index contributed by atoms with van der Waals surface area (Å²) < 4.78 is 0. The maximum Gasteiger partial charge on any atom is 0.233 e. The van der Waals surface area contributed by atoms with E-state index in [1.807, 2.05) is 24.3 Å². The van der Waals surface area contributed by atoms with Gasteiger partial charge in [-0.2, -0.15) is 0 Å². The van der Waals surface area contributed by atoms with Crippen LogP contribution in [0.25, 0.3) is 0 Å². The van der Waals surface area contributed by atoms with Crippen LogP contribution in [0.1, 0.15) is 18.4 Å². The van der Waals surface area contributed by atoms with Gasteiger partial charge in [0, 0.05) is 11.6 Å². The molecule has 17 heavy (non-hydrogen) atoms. The summed E-state index contributed by atoms with van der Waals surface area (Å²) in [6, 6.07) is 7.77. The minimum absolute atomic E-state index is 0.175. The van der Waals surface area contributed by atoms with Crippen molar-refractivity contribution < 1.29 is 4.79 Å². The number of carbonyl (C=O) groups is 1. The summed E-state index contributed by atoms with van der Waals surface area (Å²) in [5, 5.41) is 3.92. The Morgan fingerprint density at radius 1 is 1.53 bits per heavy atom. The quantitative estimate of drug-likeness (QED) is 0.911. The van der Waals surface area contributed by atoms with Crippen LogP contribution in [0.3, 0.4) is 0 Å². The van der Waals surface area contributed by atoms with Gasteiger partial charge in [0.05, 0.1) is 5.25 Å². The smallest absolute Gasteiger partial charge is 0.233 e. The molecular weight excluding hydrogens is 254 g/mol. The molecule has 0 aliphatic carbocycles. The number of rotatable bonds is 4. The second-order valence-electron chi connectivity index (χ2n) is 4.17. The molecule has 1 aliphatic heterocycles. The van der Waals surface area contributed by atoms with Gasteiger partial charge >= 0.3 is 0 Å². The van der Waals surface area contributed by atoms with Crippen molar-refractivity contribution in [3.05, 3.63) is 34.9 Å². The van der Waals surface area contributed by atoms with Gasteiger partial charge in [-0.05, 0) is 42.7 Å². The molecule has 1 saturated heterocycles. The average molecular weight is 270 g/mol. The van der Waals surface area contributed by atoms with Gasteiger partial charge < -0.3 is 5.32 Å². The molecule has 1 atom stereocenters. The molecule has 92 valence electrons. The molecule has 0 bridgehead atoms. The Labute approximate surface area is 111 Å². The number of carbonyl (C=O) groups excluding carboxylic acids is 1. The van der Waals surface area contributed by atoms with E-state index in [0.29, 0.717) is 6.54 Å². The predicted octanol–water partition coefficient (Wildman–Crippen LogP) is 2.89. The van der Waals surface area contributed by atoms with Crippen LogP contribution >= 0.6 is 23.4 Å². The highest BCUT2D eigenvalue weighted by Crippen LogP contribution is 2.25. The normalized spacial score (nSPS) is 19.2. The highest BCUT2D eigenvalue weighted by Gasteiger charge is 2.22. The van der Waals surface area contributed by atoms with Gasteiger partial charge in [0.15, 0.2) is 0 Å². The molecule has 0 spiro atoms. The van der Waals surface area contributed by atoms with Crippen molar-refractivity contribution in [3.8, 4) is 0 Å². The number of amides is 1. The second kappa shape index (κ2) is 6.31. The Balaban J connectivity index is 1.73. The van der Waals surface area contributed by atoms with E-state index in [-0.39, 0.29) is 11.2 Å². The van der Waals surface area contributed by atoms with Crippen molar-refractivity contribution in [2.24, 2.45) is 0 Å². The lowest BCUT2D eigenvalue weighted by molar-refractivity contribution is -0.120. The maximum atomic E-state index is 11.7. The number of hydrogen-bond acceptors (Lipinski definition) is 2. The summed E-state index contributed by atoms with van der Waals surface area (Å²) in [6.07, 6.45) is 3.02. The molecule has 1 amide bonds. The topological polar surface area (TPSA) is 29.1 Å². The standard InChI is InChI=1S/C13H16ClNOS/c14-11-4-1-3-10(9-11)6-7-15-13(16)12-5-2-8-17-12/h1,3-4,9,12H,2,5-8H2,(H,15,16). The molecular formula is C13H16ClNOS. The van der Waals surface area contributed by atoms with Gasteiger partial charge in [0.25, 0.3) is 0 Å². The lowest BCUT2D eigenvalue weighted by atomic mass is 10.1. The van der Waals surface area contributed by atoms with Crippen LogP contribution in [0.5, 0.6) is 0 Å². The molecule has 1 fully saturated rings. The lowest BCUT2D eigenvalue weighted by Gasteiger charge is -2.09. The Morgan fingerprint density at radius 3 is 3.12 bits per heavy atom. The van der Waals surface area contributed by atoms with Gasteiger partial charge in [-0.3, -0.25) is 4.79 Å². The number of hydrogen-bond donors (Lipinski definition) is 1. The maximum absolute atomic E-state index is 11.7. The number of thioether (sulfide) groups is 1. The molecule has 2 nitrogen and oxygen atoms in total. The number of nitrogens with one attached hydrogen (secondary N) is 1. The zero-order valence-corrected chi connectivity index (χ0v) is 11.2. The van der Waals surface area contributed by atoms with E-state index in [4.69, 9.17) is 11.6 Å². The molecule has 0 radical (unpaired) electrons. The lowest BCUT2D eigenvalue weighted by Crippen LogP contribution is -2.32. The van der Waals surface area contributed by atoms with Gasteiger partial charge in [0.2, 0.25) is 5.91 Å². The van der Waals surface area contributed by atoms with Gasteiger partial charge in [-0.25, -0.2) is 0 Å². The molecule has 1 aromatic carbocycles. The van der Waals surface area contributed by atoms with Crippen molar-refractivity contribution in [1.29, 1.82) is 0 Å². The van der Waals surface area contributed by atoms with Crippen molar-refractivity contribution in [2.45, 2.75) is 24.5 Å². The van der Waals surface area contributed by atoms with E-state index >= 15 is 0 Å². The van der Waals surface area contributed by atoms with E-state index in [2.05, 4.69) is 5.32 Å². The molecule has 1 aromatic rings. The Kier molecular flexibility index (Phi) is 4.75. The highest BCUT2D eigenvalue weighted by atomic mass is 35.5. The molecule has 1 N–H and O–H groups in total. The Hall–Kier alpha value is -0.670. The summed E-state index contributed by atoms with van der Waals surface area (Å²) in [5.41, 5.74) is 1.16. The summed E-state index contributed by atoms with van der Waals surface area (Å²) in [4.78, 5) is 11.7. The Bertz CT molecular complexity index is 391. The van der Waals surface area contributed by atoms with Gasteiger partial charge in [-0.15, -0.1) is 11.8 Å². The molecule has 0 aromatic heterocycles. The molecule has 0 saturated carbocycles. The van der Waals surface area contributed by atoms with Crippen LogP contribution in [0.2, 0.25) is 5.02 Å². The third kappa shape index (κ3) is 3.93. The first-order chi connectivity index (χ1) is 8.25.